The number of benzene rings is 2. The van der Waals surface area contributed by atoms with E-state index in [9.17, 15) is 23.7 Å². The van der Waals surface area contributed by atoms with Gasteiger partial charge in [0.1, 0.15) is 23.2 Å². The highest BCUT2D eigenvalue weighted by Gasteiger charge is 2.61. The molecule has 15 heteroatoms. The van der Waals surface area contributed by atoms with Crippen molar-refractivity contribution in [2.75, 3.05) is 15.5 Å². The first-order valence-electron chi connectivity index (χ1n) is 14.6. The number of β-lactam (4-membered cyclic amide) rings is 1. The van der Waals surface area contributed by atoms with Crippen molar-refractivity contribution in [3.63, 3.8) is 0 Å². The molecule has 0 radical (unpaired) electrons. The number of fused-ring (bicyclic) bond motifs is 1. The molecule has 4 atom stereocenters. The summed E-state index contributed by atoms with van der Waals surface area (Å²) in [5.74, 6) is -2.10. The molecule has 1 saturated heterocycles. The fourth-order valence-corrected chi connectivity index (χ4v) is 8.75. The predicted octanol–water partition coefficient (Wildman–Crippen LogP) is 3.59. The number of hydrogen-bond acceptors (Lipinski definition) is 10. The molecule has 3 heterocycles. The smallest absolute Gasteiger partial charge is 0.356 e. The lowest BCUT2D eigenvalue weighted by Crippen LogP contribution is -2.75. The monoisotopic (exact) mass is 785 g/mol. The molecule has 0 bridgehead atoms. The van der Waals surface area contributed by atoms with E-state index in [1.807, 2.05) is 72.8 Å². The summed E-state index contributed by atoms with van der Waals surface area (Å²) >= 11 is 1.51. The molecule has 1 aromatic heterocycles. The number of carbonyl (C=O) groups is 4. The van der Waals surface area contributed by atoms with Gasteiger partial charge in [-0.3, -0.25) is 19.3 Å². The number of amides is 3. The van der Waals surface area contributed by atoms with Gasteiger partial charge in [0.15, 0.2) is 23.0 Å². The van der Waals surface area contributed by atoms with E-state index in [1.165, 1.54) is 10.3 Å². The molecular weight excluding hydrogens is 757 g/mol. The number of hydrogen-bond donors (Lipinski definition) is 2. The summed E-state index contributed by atoms with van der Waals surface area (Å²) in [6.45, 7) is 0. The number of esters is 1. The number of oxime groups is 1. The Morgan fingerprint density at radius 2 is 1.87 bits per heavy atom. The van der Waals surface area contributed by atoms with E-state index in [-0.39, 0.29) is 34.1 Å². The van der Waals surface area contributed by atoms with Crippen molar-refractivity contribution in [1.29, 1.82) is 0 Å². The van der Waals surface area contributed by atoms with Crippen molar-refractivity contribution in [1.82, 2.24) is 15.2 Å². The number of carbonyl (C=O) groups excluding carboxylic acids is 4. The number of nitrogens with one attached hydrogen (secondary N) is 2. The number of thiazole rings is 1. The molecule has 6 rings (SSSR count). The van der Waals surface area contributed by atoms with Gasteiger partial charge in [-0.25, -0.2) is 9.78 Å². The zero-order valence-corrected chi connectivity index (χ0v) is 28.4. The van der Waals surface area contributed by atoms with Gasteiger partial charge in [-0.15, -0.1) is 11.3 Å². The summed E-state index contributed by atoms with van der Waals surface area (Å²) in [6.07, 6.45) is 4.63. The first kappa shape index (κ1) is 32.9. The first-order valence-corrected chi connectivity index (χ1v) is 18.3. The van der Waals surface area contributed by atoms with Crippen LogP contribution in [-0.4, -0.2) is 72.0 Å². The molecule has 2 aromatic carbocycles. The molecule has 1 fully saturated rings. The molecule has 3 aliphatic rings. The summed E-state index contributed by atoms with van der Waals surface area (Å²) in [6, 6.07) is 17.3. The van der Waals surface area contributed by atoms with Crippen LogP contribution in [0.25, 0.3) is 0 Å². The lowest BCUT2D eigenvalue weighted by molar-refractivity contribution is -0.154. The first-order chi connectivity index (χ1) is 22.9. The van der Waals surface area contributed by atoms with E-state index in [0.717, 1.165) is 28.9 Å². The quantitative estimate of drug-likeness (QED) is 0.0324. The molecule has 3 aromatic rings. The van der Waals surface area contributed by atoms with Gasteiger partial charge < -0.3 is 24.8 Å². The summed E-state index contributed by atoms with van der Waals surface area (Å²) in [5, 5.41) is 9.89. The maximum absolute atomic E-state index is 13.9. The van der Waals surface area contributed by atoms with Crippen molar-refractivity contribution in [3.8, 4) is 0 Å². The van der Waals surface area contributed by atoms with Crippen molar-refractivity contribution < 1.29 is 33.3 Å². The van der Waals surface area contributed by atoms with Gasteiger partial charge in [0.2, 0.25) is 11.8 Å². The molecule has 2 aliphatic heterocycles. The normalized spacial score (nSPS) is 22.1. The highest BCUT2D eigenvalue weighted by atomic mass is 127. The molecule has 2 unspecified atom stereocenters. The van der Waals surface area contributed by atoms with E-state index in [1.54, 1.807) is 0 Å². The molecule has 2 N–H and O–H groups in total. The molecule has 242 valence electrons. The highest BCUT2D eigenvalue weighted by Crippen LogP contribution is 2.39. The van der Waals surface area contributed by atoms with Crippen LogP contribution in [0.1, 0.15) is 35.8 Å². The van der Waals surface area contributed by atoms with Gasteiger partial charge >= 0.3 is 5.97 Å². The summed E-state index contributed by atoms with van der Waals surface area (Å²) in [7, 11) is 0. The van der Waals surface area contributed by atoms with Gasteiger partial charge in [0, 0.05) is 15.4 Å². The SMILES string of the molecule is O=CNc1nc(C(=NOC2C=CCC2)C(=O)N[C@@H]2C(=O)N3C(C(=O)OC(c4ccccc4)c4ccccc4)=C(CI)C[S+]([O-])[C@@H]23)cs1. The van der Waals surface area contributed by atoms with E-state index in [2.05, 4.69) is 43.4 Å². The van der Waals surface area contributed by atoms with Crippen molar-refractivity contribution >= 4 is 80.1 Å². The van der Waals surface area contributed by atoms with Crippen LogP contribution in [0.4, 0.5) is 5.13 Å². The minimum Gasteiger partial charge on any atom is -0.614 e. The third-order valence-corrected chi connectivity index (χ3v) is 11.0. The summed E-state index contributed by atoms with van der Waals surface area (Å²) < 4.78 is 19.9. The Hall–Kier alpha value is -4.06. The fourth-order valence-electron chi connectivity index (χ4n) is 5.42. The lowest BCUT2D eigenvalue weighted by atomic mass is 10.0. The number of aromatic nitrogens is 1. The van der Waals surface area contributed by atoms with E-state index < -0.39 is 46.5 Å². The molecule has 12 nitrogen and oxygen atoms in total. The standard InChI is InChI=1S/C32H28IN5O7S2/c33-15-21-17-47(43)30-25(36-28(40)24(37-45-22-13-7-8-14-22)23-16-46-32(35-23)34-18-39)29(41)38(30)26(21)31(42)44-27(19-9-3-1-4-10-19)20-11-5-2-6-12-20/h1-7,9-13,16,18,22,25,27,30H,8,14-15,17H2,(H,36,40)(H,34,35,39)/t22?,25-,30+,47?/m1/s1. The average molecular weight is 786 g/mol. The average Bonchev–Trinajstić information content (AvgIpc) is 3.79. The zero-order chi connectivity index (χ0) is 32.9. The molecular formula is C32H28IN5O7S2. The van der Waals surface area contributed by atoms with E-state index >= 15 is 0 Å². The molecule has 3 amide bonds. The third-order valence-electron chi connectivity index (χ3n) is 7.67. The Balaban J connectivity index is 1.24. The third kappa shape index (κ3) is 6.97. The molecule has 0 saturated carbocycles. The van der Waals surface area contributed by atoms with Crippen LogP contribution in [0.5, 0.6) is 0 Å². The van der Waals surface area contributed by atoms with Gasteiger partial charge in [0.25, 0.3) is 11.8 Å². The van der Waals surface area contributed by atoms with Crippen molar-refractivity contribution in [3.05, 3.63) is 106 Å². The lowest BCUT2D eigenvalue weighted by Gasteiger charge is -2.49. The fraction of sp³-hybridized carbons (Fsp3) is 0.250. The highest BCUT2D eigenvalue weighted by molar-refractivity contribution is 14.1. The van der Waals surface area contributed by atoms with Gasteiger partial charge in [-0.2, -0.15) is 0 Å². The minimum absolute atomic E-state index is 0.0282. The Labute approximate surface area is 290 Å². The van der Waals surface area contributed by atoms with E-state index in [4.69, 9.17) is 9.57 Å². The molecule has 47 heavy (non-hydrogen) atoms. The largest absolute Gasteiger partial charge is 0.614 e. The number of nitrogens with zero attached hydrogens (tertiary/aromatic N) is 3. The van der Waals surface area contributed by atoms with Gasteiger partial charge in [-0.1, -0.05) is 94.5 Å². The Kier molecular flexibility index (Phi) is 10.3. The number of anilines is 1. The Morgan fingerprint density at radius 1 is 1.17 bits per heavy atom. The van der Waals surface area contributed by atoms with Crippen molar-refractivity contribution in [2.24, 2.45) is 5.16 Å². The van der Waals surface area contributed by atoms with Crippen LogP contribution in [0, 0.1) is 0 Å². The van der Waals surface area contributed by atoms with Crippen LogP contribution in [0.15, 0.2) is 94.6 Å². The number of halogens is 1. The number of alkyl halides is 1. The summed E-state index contributed by atoms with van der Waals surface area (Å²) in [5.41, 5.74) is 1.94. The molecule has 1 aliphatic carbocycles. The van der Waals surface area contributed by atoms with Crippen LogP contribution in [-0.2, 0) is 39.9 Å². The van der Waals surface area contributed by atoms with Crippen LogP contribution >= 0.6 is 33.9 Å². The maximum Gasteiger partial charge on any atom is 0.356 e. The van der Waals surface area contributed by atoms with Crippen LogP contribution < -0.4 is 10.6 Å². The van der Waals surface area contributed by atoms with Crippen LogP contribution in [0.2, 0.25) is 0 Å². The molecule has 0 spiro atoms. The number of rotatable bonds is 12. The zero-order valence-electron chi connectivity index (χ0n) is 24.6. The Morgan fingerprint density at radius 3 is 2.49 bits per heavy atom. The predicted molar refractivity (Wildman–Crippen MR) is 184 cm³/mol. The topological polar surface area (TPSA) is 162 Å². The van der Waals surface area contributed by atoms with Crippen LogP contribution in [0.3, 0.4) is 0 Å². The van der Waals surface area contributed by atoms with Gasteiger partial charge in [-0.05, 0) is 41.2 Å². The van der Waals surface area contributed by atoms with E-state index in [0.29, 0.717) is 22.8 Å². The van der Waals surface area contributed by atoms with Gasteiger partial charge in [0.05, 0.1) is 0 Å². The summed E-state index contributed by atoms with van der Waals surface area (Å²) in [4.78, 5) is 63.1. The van der Waals surface area contributed by atoms with Crippen molar-refractivity contribution in [2.45, 2.75) is 36.5 Å². The maximum atomic E-state index is 13.9. The Bertz CT molecular complexity index is 1710. The minimum atomic E-state index is -1.63. The number of allylic oxidation sites excluding steroid dienone is 1. The second-order valence-electron chi connectivity index (χ2n) is 10.7. The number of ether oxygens (including phenoxy) is 1. The second-order valence-corrected chi connectivity index (χ2v) is 13.8. The second kappa shape index (κ2) is 14.8.